The number of anilines is 1. The smallest absolute Gasteiger partial charge is 0.316 e. The summed E-state index contributed by atoms with van der Waals surface area (Å²) in [6, 6.07) is 5.67. The Balaban J connectivity index is 1.73. The highest BCUT2D eigenvalue weighted by Crippen LogP contribution is 2.30. The average molecular weight is 383 g/mol. The molecule has 0 bridgehead atoms. The van der Waals surface area contributed by atoms with E-state index in [-0.39, 0.29) is 16.6 Å². The Hall–Kier alpha value is -2.58. The molecule has 128 valence electrons. The molecule has 11 heteroatoms. The highest BCUT2D eigenvalue weighted by molar-refractivity contribution is 7.99. The fourth-order valence-electron chi connectivity index (χ4n) is 1.92. The fourth-order valence-corrected chi connectivity index (χ4v) is 3.39. The molecule has 25 heavy (non-hydrogen) atoms. The van der Waals surface area contributed by atoms with Gasteiger partial charge in [-0.3, -0.25) is 9.20 Å². The maximum absolute atomic E-state index is 12.8. The van der Waals surface area contributed by atoms with Crippen LogP contribution in [0.4, 0.5) is 18.2 Å². The summed E-state index contributed by atoms with van der Waals surface area (Å²) in [6.45, 7) is 0. The predicted molar refractivity (Wildman–Crippen MR) is 86.4 cm³/mol. The Morgan fingerprint density at radius 2 is 2.16 bits per heavy atom. The SMILES string of the molecule is N#Cc1ccsc1NC(=O)CSc1nnc2ccc(C(F)(F)F)cn12. The van der Waals surface area contributed by atoms with Crippen molar-refractivity contribution in [2.45, 2.75) is 11.3 Å². The van der Waals surface area contributed by atoms with E-state index in [0.717, 1.165) is 24.0 Å². The Bertz CT molecular complexity index is 973. The van der Waals surface area contributed by atoms with Gasteiger partial charge in [0.05, 0.1) is 16.9 Å². The normalized spacial score (nSPS) is 11.4. The van der Waals surface area contributed by atoms with Gasteiger partial charge < -0.3 is 5.32 Å². The first kappa shape index (κ1) is 17.2. The van der Waals surface area contributed by atoms with Gasteiger partial charge >= 0.3 is 6.18 Å². The zero-order chi connectivity index (χ0) is 18.0. The topological polar surface area (TPSA) is 83.1 Å². The van der Waals surface area contributed by atoms with E-state index >= 15 is 0 Å². The first-order valence-corrected chi connectivity index (χ1v) is 8.57. The summed E-state index contributed by atoms with van der Waals surface area (Å²) in [5.41, 5.74) is -0.227. The van der Waals surface area contributed by atoms with Crippen molar-refractivity contribution in [3.05, 3.63) is 40.9 Å². The van der Waals surface area contributed by atoms with Crippen LogP contribution < -0.4 is 5.32 Å². The van der Waals surface area contributed by atoms with Crippen molar-refractivity contribution in [3.8, 4) is 6.07 Å². The average Bonchev–Trinajstić information content (AvgIpc) is 3.17. The molecule has 3 heterocycles. The van der Waals surface area contributed by atoms with Gasteiger partial charge in [-0.1, -0.05) is 11.8 Å². The molecule has 0 unspecified atom stereocenters. The number of hydrogen-bond acceptors (Lipinski definition) is 6. The number of carbonyl (C=O) groups excluding carboxylic acids is 1. The van der Waals surface area contributed by atoms with E-state index < -0.39 is 17.6 Å². The number of alkyl halides is 3. The van der Waals surface area contributed by atoms with Gasteiger partial charge in [0.1, 0.15) is 11.1 Å². The summed E-state index contributed by atoms with van der Waals surface area (Å²) >= 11 is 2.16. The minimum atomic E-state index is -4.48. The zero-order valence-corrected chi connectivity index (χ0v) is 13.9. The number of pyridine rings is 1. The summed E-state index contributed by atoms with van der Waals surface area (Å²) in [7, 11) is 0. The summed E-state index contributed by atoms with van der Waals surface area (Å²) in [5, 5.41) is 21.3. The predicted octanol–water partition coefficient (Wildman–Crippen LogP) is 3.41. The number of nitrogens with one attached hydrogen (secondary N) is 1. The van der Waals surface area contributed by atoms with Crippen LogP contribution in [0.5, 0.6) is 0 Å². The van der Waals surface area contributed by atoms with Gasteiger partial charge in [-0.25, -0.2) is 0 Å². The Morgan fingerprint density at radius 3 is 2.88 bits per heavy atom. The number of aromatic nitrogens is 3. The lowest BCUT2D eigenvalue weighted by Crippen LogP contribution is -2.14. The van der Waals surface area contributed by atoms with Crippen molar-refractivity contribution in [1.29, 1.82) is 5.26 Å². The van der Waals surface area contributed by atoms with Crippen LogP contribution >= 0.6 is 23.1 Å². The third-order valence-corrected chi connectivity index (χ3v) is 4.84. The van der Waals surface area contributed by atoms with E-state index in [9.17, 15) is 18.0 Å². The highest BCUT2D eigenvalue weighted by Gasteiger charge is 2.31. The monoisotopic (exact) mass is 383 g/mol. The second-order valence-electron chi connectivity index (χ2n) is 4.74. The van der Waals surface area contributed by atoms with E-state index in [2.05, 4.69) is 15.5 Å². The lowest BCUT2D eigenvalue weighted by Gasteiger charge is -2.07. The molecule has 0 spiro atoms. The molecule has 3 aromatic rings. The van der Waals surface area contributed by atoms with Crippen LogP contribution in [0, 0.1) is 11.3 Å². The highest BCUT2D eigenvalue weighted by atomic mass is 32.2. The lowest BCUT2D eigenvalue weighted by atomic mass is 10.3. The summed E-state index contributed by atoms with van der Waals surface area (Å²) in [4.78, 5) is 12.0. The molecular formula is C14H8F3N5OS2. The molecule has 0 aliphatic carbocycles. The van der Waals surface area contributed by atoms with Gasteiger partial charge in [0.15, 0.2) is 10.8 Å². The molecule has 1 N–H and O–H groups in total. The van der Waals surface area contributed by atoms with Crippen LogP contribution in [0.15, 0.2) is 34.9 Å². The quantitative estimate of drug-likeness (QED) is 0.698. The lowest BCUT2D eigenvalue weighted by molar-refractivity contribution is -0.137. The molecule has 0 atom stereocenters. The third-order valence-electron chi connectivity index (χ3n) is 3.07. The second-order valence-corrected chi connectivity index (χ2v) is 6.60. The van der Waals surface area contributed by atoms with Crippen LogP contribution in [0.1, 0.15) is 11.1 Å². The van der Waals surface area contributed by atoms with Crippen LogP contribution in [0.25, 0.3) is 5.65 Å². The van der Waals surface area contributed by atoms with Gasteiger partial charge in [-0.15, -0.1) is 21.5 Å². The molecule has 1 amide bonds. The van der Waals surface area contributed by atoms with Crippen molar-refractivity contribution < 1.29 is 18.0 Å². The second kappa shape index (κ2) is 6.73. The van der Waals surface area contributed by atoms with Gasteiger partial charge in [-0.2, -0.15) is 18.4 Å². The van der Waals surface area contributed by atoms with Crippen LogP contribution in [-0.4, -0.2) is 26.3 Å². The van der Waals surface area contributed by atoms with Crippen molar-refractivity contribution in [3.63, 3.8) is 0 Å². The first-order valence-electron chi connectivity index (χ1n) is 6.70. The molecule has 0 fully saturated rings. The molecule has 0 saturated carbocycles. The van der Waals surface area contributed by atoms with Gasteiger partial charge in [0, 0.05) is 6.20 Å². The largest absolute Gasteiger partial charge is 0.417 e. The molecule has 0 radical (unpaired) electrons. The van der Waals surface area contributed by atoms with Crippen molar-refractivity contribution in [1.82, 2.24) is 14.6 Å². The minimum absolute atomic E-state index is 0.0835. The summed E-state index contributed by atoms with van der Waals surface area (Å²) in [5.74, 6) is -0.479. The van der Waals surface area contributed by atoms with Crippen LogP contribution in [0.3, 0.4) is 0 Å². The first-order chi connectivity index (χ1) is 11.9. The molecule has 0 aliphatic heterocycles. The maximum atomic E-state index is 12.8. The Kier molecular flexibility index (Phi) is 4.65. The third kappa shape index (κ3) is 3.75. The van der Waals surface area contributed by atoms with Crippen molar-refractivity contribution in [2.75, 3.05) is 11.1 Å². The van der Waals surface area contributed by atoms with Gasteiger partial charge in [0.25, 0.3) is 0 Å². The van der Waals surface area contributed by atoms with E-state index in [0.29, 0.717) is 10.6 Å². The maximum Gasteiger partial charge on any atom is 0.417 e. The van der Waals surface area contributed by atoms with Crippen LogP contribution in [0.2, 0.25) is 0 Å². The number of rotatable bonds is 4. The number of hydrogen-bond donors (Lipinski definition) is 1. The number of carbonyl (C=O) groups is 1. The van der Waals surface area contributed by atoms with Gasteiger partial charge in [0.2, 0.25) is 5.91 Å². The molecule has 3 aromatic heterocycles. The number of thiophene rings is 1. The summed E-state index contributed by atoms with van der Waals surface area (Å²) < 4.78 is 39.6. The minimum Gasteiger partial charge on any atom is -0.316 e. The molecule has 6 nitrogen and oxygen atoms in total. The van der Waals surface area contributed by atoms with Crippen LogP contribution in [-0.2, 0) is 11.0 Å². The Morgan fingerprint density at radius 1 is 1.36 bits per heavy atom. The fraction of sp³-hybridized carbons (Fsp3) is 0.143. The summed E-state index contributed by atoms with van der Waals surface area (Å²) in [6.07, 6.45) is -3.59. The molecule has 3 rings (SSSR count). The van der Waals surface area contributed by atoms with E-state index in [1.54, 1.807) is 11.4 Å². The van der Waals surface area contributed by atoms with Crippen molar-refractivity contribution in [2.24, 2.45) is 0 Å². The zero-order valence-electron chi connectivity index (χ0n) is 12.2. The standard InChI is InChI=1S/C14H8F3N5OS2/c15-14(16,17)9-1-2-10-20-21-13(22(10)6-9)25-7-11(23)19-12-8(5-18)3-4-24-12/h1-4,6H,7H2,(H,19,23). The van der Waals surface area contributed by atoms with E-state index in [4.69, 9.17) is 5.26 Å². The number of fused-ring (bicyclic) bond motifs is 1. The molecule has 0 aliphatic rings. The molecule has 0 aromatic carbocycles. The Labute approximate surface area is 147 Å². The number of nitriles is 1. The number of thioether (sulfide) groups is 1. The number of halogens is 3. The van der Waals surface area contributed by atoms with Crippen molar-refractivity contribution >= 4 is 39.7 Å². The van der Waals surface area contributed by atoms with E-state index in [1.807, 2.05) is 6.07 Å². The van der Waals surface area contributed by atoms with Gasteiger partial charge in [-0.05, 0) is 23.6 Å². The molecular weight excluding hydrogens is 375 g/mol. The molecule has 0 saturated heterocycles. The number of amides is 1. The van der Waals surface area contributed by atoms with E-state index in [1.165, 1.54) is 21.8 Å². The number of nitrogens with zero attached hydrogens (tertiary/aromatic N) is 4.